The Kier molecular flexibility index (Phi) is 9.08. The van der Waals surface area contributed by atoms with Gasteiger partial charge in [-0.2, -0.15) is 5.26 Å². The average molecular weight is 475 g/mol. The molecular weight excluding hydrogens is 448 g/mol. The lowest BCUT2D eigenvalue weighted by Gasteiger charge is -2.14. The zero-order valence-corrected chi connectivity index (χ0v) is 19.5. The molecule has 0 aromatic heterocycles. The Hall–Kier alpha value is -4.51. The fraction of sp³-hybridized carbons (Fsp3) is 0.222. The van der Waals surface area contributed by atoms with E-state index in [9.17, 15) is 10.1 Å². The summed E-state index contributed by atoms with van der Waals surface area (Å²) in [6.45, 7) is 0.561. The number of oxime groups is 1. The Labute approximate surface area is 203 Å². The normalized spacial score (nSPS) is 11.7. The van der Waals surface area contributed by atoms with Gasteiger partial charge in [0.25, 0.3) is 0 Å². The molecular formula is C27H26N2O6. The molecule has 0 saturated heterocycles. The van der Waals surface area contributed by atoms with E-state index in [1.54, 1.807) is 18.2 Å². The zero-order valence-electron chi connectivity index (χ0n) is 19.5. The molecule has 180 valence electrons. The van der Waals surface area contributed by atoms with Gasteiger partial charge < -0.3 is 24.2 Å². The minimum atomic E-state index is -1.05. The molecule has 0 radical (unpaired) electrons. The van der Waals surface area contributed by atoms with Crippen molar-refractivity contribution in [2.75, 3.05) is 20.8 Å². The molecule has 0 aliphatic rings. The summed E-state index contributed by atoms with van der Waals surface area (Å²) in [5.74, 6) is -0.221. The predicted molar refractivity (Wildman–Crippen MR) is 130 cm³/mol. The highest BCUT2D eigenvalue weighted by molar-refractivity contribution is 6.01. The second-order valence-electron chi connectivity index (χ2n) is 7.49. The number of carboxylic acid groups (broad SMARTS) is 1. The summed E-state index contributed by atoms with van der Waals surface area (Å²) in [5.41, 5.74) is 3.04. The fourth-order valence-corrected chi connectivity index (χ4v) is 3.37. The van der Waals surface area contributed by atoms with Gasteiger partial charge in [-0.05, 0) is 23.8 Å². The van der Waals surface area contributed by atoms with Crippen molar-refractivity contribution in [2.24, 2.45) is 5.16 Å². The van der Waals surface area contributed by atoms with Gasteiger partial charge in [0.2, 0.25) is 0 Å². The van der Waals surface area contributed by atoms with Gasteiger partial charge in [0, 0.05) is 17.2 Å². The molecule has 3 aromatic carbocycles. The quantitative estimate of drug-likeness (QED) is 0.297. The van der Waals surface area contributed by atoms with E-state index in [1.807, 2.05) is 60.7 Å². The van der Waals surface area contributed by atoms with Crippen molar-refractivity contribution < 1.29 is 28.9 Å². The maximum absolute atomic E-state index is 11.0. The van der Waals surface area contributed by atoms with Gasteiger partial charge >= 0.3 is 5.97 Å². The molecule has 0 amide bonds. The lowest BCUT2D eigenvalue weighted by Crippen LogP contribution is -2.13. The molecule has 0 heterocycles. The molecule has 0 aliphatic carbocycles. The molecule has 1 N–H and O–H groups in total. The first kappa shape index (κ1) is 25.1. The summed E-state index contributed by atoms with van der Waals surface area (Å²) < 4.78 is 17.1. The number of rotatable bonds is 12. The van der Waals surface area contributed by atoms with Crippen LogP contribution in [0.5, 0.6) is 17.2 Å². The summed E-state index contributed by atoms with van der Waals surface area (Å²) in [4.78, 5) is 16.0. The van der Waals surface area contributed by atoms with Crippen LogP contribution in [0.25, 0.3) is 0 Å². The van der Waals surface area contributed by atoms with Crippen LogP contribution in [0.3, 0.4) is 0 Å². The smallest absolute Gasteiger partial charge is 0.305 e. The summed E-state index contributed by atoms with van der Waals surface area (Å²) >= 11 is 0. The summed E-state index contributed by atoms with van der Waals surface area (Å²) in [7, 11) is 2.97. The van der Waals surface area contributed by atoms with Crippen molar-refractivity contribution in [1.82, 2.24) is 0 Å². The average Bonchev–Trinajstić information content (AvgIpc) is 2.89. The first-order valence-electron chi connectivity index (χ1n) is 10.8. The fourth-order valence-electron chi connectivity index (χ4n) is 3.37. The van der Waals surface area contributed by atoms with E-state index in [-0.39, 0.29) is 13.0 Å². The summed E-state index contributed by atoms with van der Waals surface area (Å²) in [6.07, 6.45) is -0.300. The molecule has 0 spiro atoms. The Morgan fingerprint density at radius 2 is 1.71 bits per heavy atom. The molecule has 1 unspecified atom stereocenters. The van der Waals surface area contributed by atoms with Crippen LogP contribution in [-0.2, 0) is 16.2 Å². The standard InChI is InChI=1S/C27H26N2O6/c1-32-26-15-23(12-13-24(26)21(16-28)14-27(30)31)34-17-19-8-10-22(11-9-19)35-18-25(29-33-2)20-6-4-3-5-7-20/h3-13,15,21H,14,17-18H2,1-2H3,(H,30,31)/b29-25+. The van der Waals surface area contributed by atoms with Gasteiger partial charge in [0.1, 0.15) is 43.3 Å². The van der Waals surface area contributed by atoms with Crippen LogP contribution in [0.1, 0.15) is 29.0 Å². The second kappa shape index (κ2) is 12.7. The predicted octanol–water partition coefficient (Wildman–Crippen LogP) is 4.79. The third-order valence-electron chi connectivity index (χ3n) is 5.13. The van der Waals surface area contributed by atoms with E-state index in [0.717, 1.165) is 11.1 Å². The van der Waals surface area contributed by atoms with Crippen LogP contribution in [0.15, 0.2) is 78.0 Å². The van der Waals surface area contributed by atoms with Crippen molar-refractivity contribution in [3.05, 3.63) is 89.5 Å². The van der Waals surface area contributed by atoms with Crippen molar-refractivity contribution in [1.29, 1.82) is 5.26 Å². The number of carbonyl (C=O) groups is 1. The molecule has 35 heavy (non-hydrogen) atoms. The Morgan fingerprint density at radius 3 is 2.34 bits per heavy atom. The number of ether oxygens (including phenoxy) is 3. The lowest BCUT2D eigenvalue weighted by atomic mass is 9.96. The van der Waals surface area contributed by atoms with Crippen LogP contribution in [-0.4, -0.2) is 37.6 Å². The van der Waals surface area contributed by atoms with Crippen molar-refractivity contribution in [3.8, 4) is 23.3 Å². The van der Waals surface area contributed by atoms with Gasteiger partial charge in [-0.3, -0.25) is 4.79 Å². The van der Waals surface area contributed by atoms with Gasteiger partial charge in [0.15, 0.2) is 0 Å². The number of benzene rings is 3. The maximum atomic E-state index is 11.0. The van der Waals surface area contributed by atoms with Gasteiger partial charge in [-0.25, -0.2) is 0 Å². The molecule has 0 aliphatic heterocycles. The van der Waals surface area contributed by atoms with E-state index < -0.39 is 11.9 Å². The lowest BCUT2D eigenvalue weighted by molar-refractivity contribution is -0.137. The third-order valence-corrected chi connectivity index (χ3v) is 5.13. The highest BCUT2D eigenvalue weighted by Crippen LogP contribution is 2.32. The number of hydrogen-bond donors (Lipinski definition) is 1. The molecule has 8 heteroatoms. The number of aliphatic carboxylic acids is 1. The molecule has 8 nitrogen and oxygen atoms in total. The Morgan fingerprint density at radius 1 is 1.00 bits per heavy atom. The zero-order chi connectivity index (χ0) is 25.0. The monoisotopic (exact) mass is 474 g/mol. The van der Waals surface area contributed by atoms with Gasteiger partial charge in [-0.1, -0.05) is 53.7 Å². The number of carboxylic acids is 1. The van der Waals surface area contributed by atoms with E-state index in [1.165, 1.54) is 14.2 Å². The largest absolute Gasteiger partial charge is 0.496 e. The maximum Gasteiger partial charge on any atom is 0.305 e. The second-order valence-corrected chi connectivity index (χ2v) is 7.49. The first-order valence-corrected chi connectivity index (χ1v) is 10.8. The third kappa shape index (κ3) is 7.24. The van der Waals surface area contributed by atoms with Crippen LogP contribution < -0.4 is 14.2 Å². The molecule has 0 fully saturated rings. The van der Waals surface area contributed by atoms with Crippen LogP contribution in [0.4, 0.5) is 0 Å². The highest BCUT2D eigenvalue weighted by atomic mass is 16.6. The van der Waals surface area contributed by atoms with Crippen LogP contribution in [0.2, 0.25) is 0 Å². The minimum absolute atomic E-state index is 0.255. The minimum Gasteiger partial charge on any atom is -0.496 e. The Balaban J connectivity index is 1.59. The molecule has 3 aromatic rings. The molecule has 0 saturated carbocycles. The highest BCUT2D eigenvalue weighted by Gasteiger charge is 2.19. The summed E-state index contributed by atoms with van der Waals surface area (Å²) in [6, 6.07) is 24.2. The summed E-state index contributed by atoms with van der Waals surface area (Å²) in [5, 5.41) is 22.4. The van der Waals surface area contributed by atoms with Crippen LogP contribution in [0, 0.1) is 11.3 Å². The molecule has 0 bridgehead atoms. The SMILES string of the molecule is CO/N=C(\COc1ccc(COc2ccc(C(C#N)CC(=O)O)c(OC)c2)cc1)c1ccccc1. The first-order chi connectivity index (χ1) is 17.0. The Bertz CT molecular complexity index is 1190. The van der Waals surface area contributed by atoms with Crippen molar-refractivity contribution in [2.45, 2.75) is 18.9 Å². The van der Waals surface area contributed by atoms with E-state index in [2.05, 4.69) is 5.16 Å². The topological polar surface area (TPSA) is 110 Å². The molecule has 3 rings (SSSR count). The van der Waals surface area contributed by atoms with Gasteiger partial charge in [0.05, 0.1) is 25.5 Å². The number of methoxy groups -OCH3 is 1. The number of nitrogens with zero attached hydrogens (tertiary/aromatic N) is 2. The van der Waals surface area contributed by atoms with E-state index in [0.29, 0.717) is 35.1 Å². The van der Waals surface area contributed by atoms with Crippen molar-refractivity contribution in [3.63, 3.8) is 0 Å². The van der Waals surface area contributed by atoms with Crippen molar-refractivity contribution >= 4 is 11.7 Å². The number of nitriles is 1. The van der Waals surface area contributed by atoms with E-state index >= 15 is 0 Å². The van der Waals surface area contributed by atoms with E-state index in [4.69, 9.17) is 24.2 Å². The van der Waals surface area contributed by atoms with Crippen LogP contribution >= 0.6 is 0 Å². The molecule has 1 atom stereocenters. The number of hydrogen-bond acceptors (Lipinski definition) is 7. The van der Waals surface area contributed by atoms with Gasteiger partial charge in [-0.15, -0.1) is 0 Å².